The van der Waals surface area contributed by atoms with Gasteiger partial charge in [-0.2, -0.15) is 13.2 Å². The topological polar surface area (TPSA) is 60.1 Å². The van der Waals surface area contributed by atoms with Crippen LogP contribution >= 0.6 is 0 Å². The maximum absolute atomic E-state index is 13.7. The molecule has 0 unspecified atom stereocenters. The monoisotopic (exact) mass is 386 g/mol. The maximum atomic E-state index is 13.7. The highest BCUT2D eigenvalue weighted by atomic mass is 19.4. The van der Waals surface area contributed by atoms with E-state index in [1.165, 1.54) is 23.1 Å². The third-order valence-corrected chi connectivity index (χ3v) is 4.72. The van der Waals surface area contributed by atoms with Crippen LogP contribution in [0.1, 0.15) is 30.3 Å². The fraction of sp³-hybridized carbons (Fsp3) is 0.471. The molecule has 27 heavy (non-hydrogen) atoms. The van der Waals surface area contributed by atoms with Gasteiger partial charge < -0.3 is 4.90 Å². The number of aromatic nitrogens is 3. The van der Waals surface area contributed by atoms with Crippen LogP contribution in [-0.2, 0) is 24.4 Å². The van der Waals surface area contributed by atoms with Gasteiger partial charge in [0, 0.05) is 20.1 Å². The van der Waals surface area contributed by atoms with Gasteiger partial charge in [0.2, 0.25) is 11.7 Å². The van der Waals surface area contributed by atoms with Crippen molar-refractivity contribution in [1.82, 2.24) is 19.2 Å². The molecule has 1 saturated heterocycles. The summed E-state index contributed by atoms with van der Waals surface area (Å²) in [6.07, 6.45) is -4.19. The molecule has 3 rings (SSSR count). The van der Waals surface area contributed by atoms with E-state index < -0.39 is 29.5 Å². The van der Waals surface area contributed by atoms with E-state index >= 15 is 0 Å². The number of alkyl halides is 3. The van der Waals surface area contributed by atoms with Gasteiger partial charge in [-0.15, -0.1) is 5.10 Å². The minimum absolute atomic E-state index is 0.0842. The lowest BCUT2D eigenvalue weighted by molar-refractivity contribution is -0.147. The Kier molecular flexibility index (Phi) is 5.07. The van der Waals surface area contributed by atoms with Crippen molar-refractivity contribution < 1.29 is 22.4 Å². The summed E-state index contributed by atoms with van der Waals surface area (Å²) in [4.78, 5) is 25.9. The van der Waals surface area contributed by atoms with Gasteiger partial charge in [-0.1, -0.05) is 18.2 Å². The number of rotatable bonds is 3. The van der Waals surface area contributed by atoms with Crippen LogP contribution in [0.15, 0.2) is 29.1 Å². The van der Waals surface area contributed by atoms with Crippen molar-refractivity contribution in [2.24, 2.45) is 7.05 Å². The van der Waals surface area contributed by atoms with Crippen molar-refractivity contribution in [2.75, 3.05) is 13.1 Å². The molecular formula is C17H18F4N4O2. The zero-order valence-electron chi connectivity index (χ0n) is 14.5. The predicted molar refractivity (Wildman–Crippen MR) is 87.4 cm³/mol. The lowest BCUT2D eigenvalue weighted by Crippen LogP contribution is -2.41. The highest BCUT2D eigenvalue weighted by Gasteiger charge is 2.39. The first-order chi connectivity index (χ1) is 12.7. The van der Waals surface area contributed by atoms with E-state index in [0.717, 1.165) is 11.7 Å². The molecule has 1 aromatic carbocycles. The number of hydrogen-bond acceptors (Lipinski definition) is 3. The number of nitrogens with zero attached hydrogens (tertiary/aromatic N) is 4. The van der Waals surface area contributed by atoms with E-state index in [1.54, 1.807) is 6.07 Å². The number of halogens is 4. The molecule has 1 aliphatic heterocycles. The molecule has 0 bridgehead atoms. The van der Waals surface area contributed by atoms with Crippen LogP contribution in [0.5, 0.6) is 0 Å². The fourth-order valence-corrected chi connectivity index (χ4v) is 3.22. The molecule has 2 heterocycles. The second kappa shape index (κ2) is 7.16. The molecule has 0 saturated carbocycles. The molecular weight excluding hydrogens is 368 g/mol. The van der Waals surface area contributed by atoms with Gasteiger partial charge in [-0.25, -0.2) is 13.9 Å². The summed E-state index contributed by atoms with van der Waals surface area (Å²) in [6.45, 7) is 0.532. The van der Waals surface area contributed by atoms with Crippen LogP contribution < -0.4 is 5.69 Å². The molecule has 1 aliphatic rings. The first-order valence-corrected chi connectivity index (χ1v) is 8.42. The second-order valence-electron chi connectivity index (χ2n) is 6.49. The lowest BCUT2D eigenvalue weighted by Gasteiger charge is -2.31. The van der Waals surface area contributed by atoms with Crippen molar-refractivity contribution in [3.8, 4) is 0 Å². The van der Waals surface area contributed by atoms with E-state index in [1.807, 2.05) is 0 Å². The Morgan fingerprint density at radius 3 is 2.41 bits per heavy atom. The number of amides is 1. The van der Waals surface area contributed by atoms with Crippen LogP contribution in [-0.4, -0.2) is 38.2 Å². The average Bonchev–Trinajstić information content (AvgIpc) is 2.92. The molecule has 1 fully saturated rings. The summed E-state index contributed by atoms with van der Waals surface area (Å²) in [5.41, 5.74) is -0.543. The molecule has 0 atom stereocenters. The molecule has 1 amide bonds. The van der Waals surface area contributed by atoms with Gasteiger partial charge >= 0.3 is 11.9 Å². The van der Waals surface area contributed by atoms with Gasteiger partial charge in [-0.3, -0.25) is 9.36 Å². The van der Waals surface area contributed by atoms with E-state index in [-0.39, 0.29) is 25.4 Å². The lowest BCUT2D eigenvalue weighted by atomic mass is 10.0. The zero-order chi connectivity index (χ0) is 19.8. The second-order valence-corrected chi connectivity index (χ2v) is 6.49. The highest BCUT2D eigenvalue weighted by molar-refractivity contribution is 5.78. The van der Waals surface area contributed by atoms with Gasteiger partial charge in [0.1, 0.15) is 5.82 Å². The Morgan fingerprint density at radius 1 is 1.22 bits per heavy atom. The number of likely N-dealkylation sites (tertiary alicyclic amines) is 1. The van der Waals surface area contributed by atoms with E-state index in [9.17, 15) is 27.2 Å². The summed E-state index contributed by atoms with van der Waals surface area (Å²) < 4.78 is 53.7. The minimum atomic E-state index is -4.71. The molecule has 0 radical (unpaired) electrons. The Bertz CT molecular complexity index is 895. The summed E-state index contributed by atoms with van der Waals surface area (Å²) >= 11 is 0. The van der Waals surface area contributed by atoms with Gasteiger partial charge in [0.05, 0.1) is 12.5 Å². The largest absolute Gasteiger partial charge is 0.451 e. The number of carbonyl (C=O) groups excluding carboxylic acids is 1. The molecule has 6 nitrogen and oxygen atoms in total. The highest BCUT2D eigenvalue weighted by Crippen LogP contribution is 2.28. The fourth-order valence-electron chi connectivity index (χ4n) is 3.22. The van der Waals surface area contributed by atoms with E-state index in [2.05, 4.69) is 5.10 Å². The zero-order valence-corrected chi connectivity index (χ0v) is 14.5. The first kappa shape index (κ1) is 19.1. The van der Waals surface area contributed by atoms with Crippen molar-refractivity contribution >= 4 is 5.91 Å². The molecule has 0 spiro atoms. The molecule has 0 N–H and O–H groups in total. The van der Waals surface area contributed by atoms with Crippen LogP contribution in [0.25, 0.3) is 0 Å². The molecule has 10 heteroatoms. The van der Waals surface area contributed by atoms with Crippen molar-refractivity contribution in [1.29, 1.82) is 0 Å². The van der Waals surface area contributed by atoms with Gasteiger partial charge in [0.15, 0.2) is 0 Å². The quantitative estimate of drug-likeness (QED) is 0.760. The smallest absolute Gasteiger partial charge is 0.342 e. The predicted octanol–water partition coefficient (Wildman–Crippen LogP) is 2.15. The third-order valence-electron chi connectivity index (χ3n) is 4.72. The number of benzene rings is 1. The number of carbonyl (C=O) groups is 1. The van der Waals surface area contributed by atoms with E-state index in [4.69, 9.17) is 0 Å². The molecule has 0 aliphatic carbocycles. The standard InChI is InChI=1S/C17H18F4N4O2/c1-23-15(17(19,20)21)22-25(16(23)27)12-6-8-24(9-7-12)14(26)10-11-4-2-3-5-13(11)18/h2-5,12H,6-10H2,1H3. The first-order valence-electron chi connectivity index (χ1n) is 8.42. The summed E-state index contributed by atoms with van der Waals surface area (Å²) in [5, 5.41) is 3.44. The van der Waals surface area contributed by atoms with Crippen molar-refractivity contribution in [3.05, 3.63) is 52.0 Å². The number of piperidine rings is 1. The van der Waals surface area contributed by atoms with Crippen molar-refractivity contribution in [2.45, 2.75) is 31.5 Å². The molecule has 146 valence electrons. The minimum Gasteiger partial charge on any atom is -0.342 e. The van der Waals surface area contributed by atoms with Crippen LogP contribution in [0.3, 0.4) is 0 Å². The third kappa shape index (κ3) is 3.88. The molecule has 1 aromatic heterocycles. The average molecular weight is 386 g/mol. The van der Waals surface area contributed by atoms with Crippen LogP contribution in [0.4, 0.5) is 17.6 Å². The maximum Gasteiger partial charge on any atom is 0.451 e. The Labute approximate surface area is 152 Å². The Balaban J connectivity index is 1.67. The van der Waals surface area contributed by atoms with Gasteiger partial charge in [0.25, 0.3) is 0 Å². The molecule has 2 aromatic rings. The van der Waals surface area contributed by atoms with E-state index in [0.29, 0.717) is 23.0 Å². The summed E-state index contributed by atoms with van der Waals surface area (Å²) in [6, 6.07) is 5.47. The van der Waals surface area contributed by atoms with Crippen LogP contribution in [0, 0.1) is 5.82 Å². The summed E-state index contributed by atoms with van der Waals surface area (Å²) in [5.74, 6) is -1.96. The number of hydrogen-bond donors (Lipinski definition) is 0. The van der Waals surface area contributed by atoms with Gasteiger partial charge in [-0.05, 0) is 24.5 Å². The Hall–Kier alpha value is -2.65. The van der Waals surface area contributed by atoms with Crippen LogP contribution in [0.2, 0.25) is 0 Å². The van der Waals surface area contributed by atoms with Crippen molar-refractivity contribution in [3.63, 3.8) is 0 Å². The Morgan fingerprint density at radius 2 is 1.85 bits per heavy atom. The normalized spacial score (nSPS) is 16.0. The SMILES string of the molecule is Cn1c(C(F)(F)F)nn(C2CCN(C(=O)Cc3ccccc3F)CC2)c1=O. The summed E-state index contributed by atoms with van der Waals surface area (Å²) in [7, 11) is 1.03.